The lowest BCUT2D eigenvalue weighted by molar-refractivity contribution is 0.0950. The van der Waals surface area contributed by atoms with Crippen LogP contribution in [0.15, 0.2) is 67.0 Å². The number of aryl methyl sites for hydroxylation is 1. The van der Waals surface area contributed by atoms with E-state index in [9.17, 15) is 4.79 Å². The summed E-state index contributed by atoms with van der Waals surface area (Å²) >= 11 is 0. The number of para-hydroxylation sites is 2. The third-order valence-corrected chi connectivity index (χ3v) is 4.00. The van der Waals surface area contributed by atoms with Crippen molar-refractivity contribution >= 4 is 17.3 Å². The van der Waals surface area contributed by atoms with Crippen molar-refractivity contribution in [3.63, 3.8) is 0 Å². The fraction of sp³-hybridized carbons (Fsp3) is 0.182. The molecule has 0 unspecified atom stereocenters. The number of rotatable bonds is 7. The number of anilines is 2. The molecule has 0 spiro atoms. The Labute approximate surface area is 159 Å². The Morgan fingerprint density at radius 2 is 1.93 bits per heavy atom. The second-order valence-corrected chi connectivity index (χ2v) is 6.19. The molecule has 0 radical (unpaired) electrons. The van der Waals surface area contributed by atoms with Gasteiger partial charge in [0.05, 0.1) is 29.7 Å². The van der Waals surface area contributed by atoms with E-state index in [-0.39, 0.29) is 5.91 Å². The van der Waals surface area contributed by atoms with Crippen LogP contribution in [0.25, 0.3) is 0 Å². The van der Waals surface area contributed by atoms with Gasteiger partial charge in [-0.3, -0.25) is 9.78 Å². The minimum Gasteiger partial charge on any atom is -0.492 e. The number of ether oxygens (including phenoxy) is 1. The standard InChI is InChI=1S/C22H23N3O2/c1-3-27-21-10-5-4-9-20(21)25-19-12-18(14-23-15-19)22(26)24-13-17-8-6-7-16(2)11-17/h4-12,14-15,25H,3,13H2,1-2H3,(H,24,26). The molecule has 1 aromatic heterocycles. The van der Waals surface area contributed by atoms with Crippen LogP contribution < -0.4 is 15.4 Å². The number of amides is 1. The Bertz CT molecular complexity index is 925. The van der Waals surface area contributed by atoms with Crippen LogP contribution in [0.4, 0.5) is 11.4 Å². The second kappa shape index (κ2) is 8.85. The first-order valence-electron chi connectivity index (χ1n) is 8.93. The van der Waals surface area contributed by atoms with E-state index >= 15 is 0 Å². The highest BCUT2D eigenvalue weighted by atomic mass is 16.5. The molecule has 5 nitrogen and oxygen atoms in total. The molecule has 0 atom stereocenters. The van der Waals surface area contributed by atoms with E-state index in [1.807, 2.05) is 56.3 Å². The molecule has 3 aromatic rings. The maximum atomic E-state index is 12.5. The van der Waals surface area contributed by atoms with Crippen LogP contribution in [-0.4, -0.2) is 17.5 Å². The lowest BCUT2D eigenvalue weighted by Gasteiger charge is -2.12. The zero-order valence-corrected chi connectivity index (χ0v) is 15.5. The van der Waals surface area contributed by atoms with Gasteiger partial charge in [-0.2, -0.15) is 0 Å². The van der Waals surface area contributed by atoms with Gasteiger partial charge in [0.2, 0.25) is 0 Å². The molecule has 138 valence electrons. The molecule has 0 bridgehead atoms. The summed E-state index contributed by atoms with van der Waals surface area (Å²) in [7, 11) is 0. The normalized spacial score (nSPS) is 10.3. The zero-order chi connectivity index (χ0) is 19.1. The molecule has 0 saturated heterocycles. The van der Waals surface area contributed by atoms with Gasteiger partial charge in [0.25, 0.3) is 5.91 Å². The Balaban J connectivity index is 1.69. The first-order chi connectivity index (χ1) is 13.2. The Kier molecular flexibility index (Phi) is 6.05. The highest BCUT2D eigenvalue weighted by molar-refractivity contribution is 5.94. The number of pyridine rings is 1. The topological polar surface area (TPSA) is 63.2 Å². The summed E-state index contributed by atoms with van der Waals surface area (Å²) in [6.07, 6.45) is 3.24. The van der Waals surface area contributed by atoms with Crippen LogP contribution in [0.2, 0.25) is 0 Å². The first kappa shape index (κ1) is 18.5. The van der Waals surface area contributed by atoms with E-state index in [1.165, 1.54) is 5.56 Å². The quantitative estimate of drug-likeness (QED) is 0.652. The molecule has 27 heavy (non-hydrogen) atoms. The van der Waals surface area contributed by atoms with E-state index in [2.05, 4.69) is 21.7 Å². The van der Waals surface area contributed by atoms with Crippen LogP contribution in [0, 0.1) is 6.92 Å². The number of hydrogen-bond acceptors (Lipinski definition) is 4. The molecule has 3 rings (SSSR count). The minimum atomic E-state index is -0.161. The van der Waals surface area contributed by atoms with Crippen molar-refractivity contribution in [1.29, 1.82) is 0 Å². The number of hydrogen-bond donors (Lipinski definition) is 2. The van der Waals surface area contributed by atoms with Crippen molar-refractivity contribution in [3.8, 4) is 5.75 Å². The molecular weight excluding hydrogens is 338 g/mol. The SMILES string of the molecule is CCOc1ccccc1Nc1cncc(C(=O)NCc2cccc(C)c2)c1. The van der Waals surface area contributed by atoms with Crippen LogP contribution in [0.1, 0.15) is 28.4 Å². The molecule has 0 fully saturated rings. The minimum absolute atomic E-state index is 0.161. The predicted molar refractivity (Wildman–Crippen MR) is 107 cm³/mol. The molecule has 0 aliphatic carbocycles. The van der Waals surface area contributed by atoms with Crippen LogP contribution >= 0.6 is 0 Å². The molecule has 0 saturated carbocycles. The van der Waals surface area contributed by atoms with Gasteiger partial charge in [0.15, 0.2) is 0 Å². The third-order valence-electron chi connectivity index (χ3n) is 4.00. The van der Waals surface area contributed by atoms with Gasteiger partial charge >= 0.3 is 0 Å². The molecule has 0 aliphatic heterocycles. The van der Waals surface area contributed by atoms with Crippen LogP contribution in [-0.2, 0) is 6.54 Å². The van der Waals surface area contributed by atoms with Crippen molar-refractivity contribution < 1.29 is 9.53 Å². The molecular formula is C22H23N3O2. The number of nitrogens with zero attached hydrogens (tertiary/aromatic N) is 1. The van der Waals surface area contributed by atoms with Gasteiger partial charge in [0, 0.05) is 12.7 Å². The summed E-state index contributed by atoms with van der Waals surface area (Å²) in [5.41, 5.74) is 4.30. The number of aromatic nitrogens is 1. The summed E-state index contributed by atoms with van der Waals surface area (Å²) in [6.45, 7) is 5.03. The number of carbonyl (C=O) groups excluding carboxylic acids is 1. The third kappa shape index (κ3) is 5.07. The molecule has 1 amide bonds. The van der Waals surface area contributed by atoms with E-state index in [1.54, 1.807) is 18.5 Å². The fourth-order valence-corrected chi connectivity index (χ4v) is 2.75. The molecule has 2 N–H and O–H groups in total. The van der Waals surface area contributed by atoms with Crippen molar-refractivity contribution in [1.82, 2.24) is 10.3 Å². The van der Waals surface area contributed by atoms with E-state index in [0.29, 0.717) is 18.7 Å². The largest absolute Gasteiger partial charge is 0.492 e. The Morgan fingerprint density at radius 3 is 2.74 bits per heavy atom. The summed E-state index contributed by atoms with van der Waals surface area (Å²) in [4.78, 5) is 16.7. The van der Waals surface area contributed by atoms with Gasteiger partial charge in [-0.1, -0.05) is 42.0 Å². The van der Waals surface area contributed by atoms with Gasteiger partial charge < -0.3 is 15.4 Å². The van der Waals surface area contributed by atoms with E-state index < -0.39 is 0 Å². The lowest BCUT2D eigenvalue weighted by Crippen LogP contribution is -2.23. The molecule has 1 heterocycles. The second-order valence-electron chi connectivity index (χ2n) is 6.19. The Hall–Kier alpha value is -3.34. The summed E-state index contributed by atoms with van der Waals surface area (Å²) in [5.74, 6) is 0.597. The predicted octanol–water partition coefficient (Wildman–Crippen LogP) is 4.46. The monoisotopic (exact) mass is 361 g/mol. The summed E-state index contributed by atoms with van der Waals surface area (Å²) in [5, 5.41) is 6.20. The van der Waals surface area contributed by atoms with Crippen LogP contribution in [0.5, 0.6) is 5.75 Å². The first-order valence-corrected chi connectivity index (χ1v) is 8.93. The fourth-order valence-electron chi connectivity index (χ4n) is 2.75. The Morgan fingerprint density at radius 1 is 1.07 bits per heavy atom. The highest BCUT2D eigenvalue weighted by Crippen LogP contribution is 2.27. The number of nitrogens with one attached hydrogen (secondary N) is 2. The van der Waals surface area contributed by atoms with Crippen molar-refractivity contribution in [2.75, 3.05) is 11.9 Å². The smallest absolute Gasteiger partial charge is 0.253 e. The zero-order valence-electron chi connectivity index (χ0n) is 15.5. The van der Waals surface area contributed by atoms with Gasteiger partial charge in [-0.15, -0.1) is 0 Å². The van der Waals surface area contributed by atoms with Crippen molar-refractivity contribution in [2.45, 2.75) is 20.4 Å². The van der Waals surface area contributed by atoms with Gasteiger partial charge in [-0.25, -0.2) is 0 Å². The summed E-state index contributed by atoms with van der Waals surface area (Å²) in [6, 6.07) is 17.5. The maximum Gasteiger partial charge on any atom is 0.253 e. The van der Waals surface area contributed by atoms with E-state index in [0.717, 1.165) is 22.7 Å². The van der Waals surface area contributed by atoms with Gasteiger partial charge in [-0.05, 0) is 37.6 Å². The molecule has 5 heteroatoms. The molecule has 0 aliphatic rings. The number of carbonyl (C=O) groups is 1. The van der Waals surface area contributed by atoms with Crippen LogP contribution in [0.3, 0.4) is 0 Å². The average Bonchev–Trinajstić information content (AvgIpc) is 2.68. The van der Waals surface area contributed by atoms with Gasteiger partial charge in [0.1, 0.15) is 5.75 Å². The lowest BCUT2D eigenvalue weighted by atomic mass is 10.1. The van der Waals surface area contributed by atoms with E-state index in [4.69, 9.17) is 4.74 Å². The van der Waals surface area contributed by atoms with Crippen molar-refractivity contribution in [2.24, 2.45) is 0 Å². The molecule has 2 aromatic carbocycles. The number of benzene rings is 2. The van der Waals surface area contributed by atoms with Crippen molar-refractivity contribution in [3.05, 3.63) is 83.7 Å². The summed E-state index contributed by atoms with van der Waals surface area (Å²) < 4.78 is 5.62. The average molecular weight is 361 g/mol. The maximum absolute atomic E-state index is 12.5. The highest BCUT2D eigenvalue weighted by Gasteiger charge is 2.09.